The van der Waals surface area contributed by atoms with Crippen molar-refractivity contribution in [2.75, 3.05) is 34.2 Å². The van der Waals surface area contributed by atoms with Gasteiger partial charge in [-0.25, -0.2) is 4.79 Å². The molecule has 148 valence electrons. The number of nitrogens with zero attached hydrogens (tertiary/aromatic N) is 3. The molecule has 1 aromatic rings. The van der Waals surface area contributed by atoms with Crippen molar-refractivity contribution in [3.63, 3.8) is 0 Å². The number of hydrogen-bond acceptors (Lipinski definition) is 5. The first-order valence-electron chi connectivity index (χ1n) is 9.43. The van der Waals surface area contributed by atoms with Crippen LogP contribution in [0.2, 0.25) is 0 Å². The highest BCUT2D eigenvalue weighted by Gasteiger charge is 2.55. The SMILES string of the molecule is CN(C)C(CNC(=O)CN1C(=O)N(C)C2(CCCCC2)C1=O)c1ccco1. The lowest BCUT2D eigenvalue weighted by Crippen LogP contribution is -2.49. The van der Waals surface area contributed by atoms with Crippen LogP contribution < -0.4 is 5.32 Å². The van der Waals surface area contributed by atoms with Gasteiger partial charge in [0.2, 0.25) is 5.91 Å². The van der Waals surface area contributed by atoms with Crippen molar-refractivity contribution >= 4 is 17.8 Å². The molecule has 27 heavy (non-hydrogen) atoms. The zero-order valence-electron chi connectivity index (χ0n) is 16.2. The Hall–Kier alpha value is -2.35. The molecule has 1 atom stereocenters. The van der Waals surface area contributed by atoms with Crippen molar-refractivity contribution < 1.29 is 18.8 Å². The van der Waals surface area contributed by atoms with Gasteiger partial charge in [0, 0.05) is 13.6 Å². The molecule has 0 aromatic carbocycles. The first kappa shape index (κ1) is 19.4. The van der Waals surface area contributed by atoms with E-state index < -0.39 is 5.54 Å². The molecular formula is C19H28N4O4. The molecule has 1 aromatic heterocycles. The predicted octanol–water partition coefficient (Wildman–Crippen LogP) is 1.60. The highest BCUT2D eigenvalue weighted by atomic mass is 16.3. The first-order chi connectivity index (χ1) is 12.9. The van der Waals surface area contributed by atoms with Crippen molar-refractivity contribution in [1.29, 1.82) is 0 Å². The van der Waals surface area contributed by atoms with Crippen molar-refractivity contribution in [2.24, 2.45) is 0 Å². The lowest BCUT2D eigenvalue weighted by Gasteiger charge is -2.35. The van der Waals surface area contributed by atoms with Gasteiger partial charge in [-0.15, -0.1) is 0 Å². The van der Waals surface area contributed by atoms with Gasteiger partial charge in [0.15, 0.2) is 0 Å². The molecule has 8 heteroatoms. The molecule has 0 bridgehead atoms. The Labute approximate surface area is 159 Å². The number of imide groups is 1. The second-order valence-corrected chi connectivity index (χ2v) is 7.62. The van der Waals surface area contributed by atoms with Gasteiger partial charge < -0.3 is 14.6 Å². The van der Waals surface area contributed by atoms with Crippen LogP contribution in [-0.2, 0) is 9.59 Å². The lowest BCUT2D eigenvalue weighted by atomic mass is 9.81. The van der Waals surface area contributed by atoms with Crippen LogP contribution in [-0.4, -0.2) is 72.3 Å². The topological polar surface area (TPSA) is 86.1 Å². The van der Waals surface area contributed by atoms with Gasteiger partial charge in [0.25, 0.3) is 5.91 Å². The van der Waals surface area contributed by atoms with Gasteiger partial charge >= 0.3 is 6.03 Å². The normalized spacial score (nSPS) is 20.6. The second-order valence-electron chi connectivity index (χ2n) is 7.62. The Morgan fingerprint density at radius 2 is 2.00 bits per heavy atom. The van der Waals surface area contributed by atoms with Crippen LogP contribution >= 0.6 is 0 Å². The summed E-state index contributed by atoms with van der Waals surface area (Å²) in [6.07, 6.45) is 5.87. The van der Waals surface area contributed by atoms with E-state index in [1.807, 2.05) is 25.1 Å². The van der Waals surface area contributed by atoms with Crippen LogP contribution in [0, 0.1) is 0 Å². The molecule has 1 aliphatic heterocycles. The van der Waals surface area contributed by atoms with Gasteiger partial charge in [-0.05, 0) is 39.1 Å². The minimum Gasteiger partial charge on any atom is -0.468 e. The second kappa shape index (κ2) is 7.72. The average molecular weight is 376 g/mol. The number of amides is 4. The van der Waals surface area contributed by atoms with Gasteiger partial charge in [-0.1, -0.05) is 19.3 Å². The van der Waals surface area contributed by atoms with Crippen LogP contribution in [0.25, 0.3) is 0 Å². The molecule has 1 aliphatic carbocycles. The quantitative estimate of drug-likeness (QED) is 0.762. The lowest BCUT2D eigenvalue weighted by molar-refractivity contribution is -0.137. The number of likely N-dealkylation sites (N-methyl/N-ethyl adjacent to an activating group) is 2. The van der Waals surface area contributed by atoms with Crippen molar-refractivity contribution in [1.82, 2.24) is 20.0 Å². The minimum atomic E-state index is -0.754. The molecule has 8 nitrogen and oxygen atoms in total. The van der Waals surface area contributed by atoms with Crippen LogP contribution in [0.15, 0.2) is 22.8 Å². The summed E-state index contributed by atoms with van der Waals surface area (Å²) < 4.78 is 5.43. The largest absolute Gasteiger partial charge is 0.468 e. The number of carbonyl (C=O) groups is 3. The molecular weight excluding hydrogens is 348 g/mol. The molecule has 2 aliphatic rings. The van der Waals surface area contributed by atoms with Crippen molar-refractivity contribution in [3.05, 3.63) is 24.2 Å². The fourth-order valence-corrected chi connectivity index (χ4v) is 4.10. The number of furan rings is 1. The van der Waals surface area contributed by atoms with E-state index in [9.17, 15) is 14.4 Å². The van der Waals surface area contributed by atoms with Crippen LogP contribution in [0.1, 0.15) is 43.9 Å². The monoisotopic (exact) mass is 376 g/mol. The summed E-state index contributed by atoms with van der Waals surface area (Å²) in [5.41, 5.74) is -0.754. The molecule has 1 spiro atoms. The van der Waals surface area contributed by atoms with E-state index in [4.69, 9.17) is 4.42 Å². The maximum atomic E-state index is 12.9. The van der Waals surface area contributed by atoms with E-state index in [-0.39, 0.29) is 30.4 Å². The van der Waals surface area contributed by atoms with Gasteiger partial charge in [0.05, 0.1) is 12.3 Å². The summed E-state index contributed by atoms with van der Waals surface area (Å²) in [5, 5.41) is 2.82. The Balaban J connectivity index is 1.62. The van der Waals surface area contributed by atoms with Crippen LogP contribution in [0.3, 0.4) is 0 Å². The standard InChI is InChI=1S/C19H28N4O4/c1-21(2)14(15-8-7-11-27-15)12-20-16(24)13-23-17(25)19(22(3)18(23)26)9-5-4-6-10-19/h7-8,11,14H,4-6,9-10,12-13H2,1-3H3,(H,20,24). The van der Waals surface area contributed by atoms with E-state index in [0.29, 0.717) is 19.4 Å². The molecule has 1 N–H and O–H groups in total. The summed E-state index contributed by atoms with van der Waals surface area (Å²) in [7, 11) is 5.46. The average Bonchev–Trinajstić information content (AvgIpc) is 3.23. The molecule has 0 radical (unpaired) electrons. The van der Waals surface area contributed by atoms with Crippen LogP contribution in [0.5, 0.6) is 0 Å². The number of carbonyl (C=O) groups excluding carboxylic acids is 3. The Morgan fingerprint density at radius 3 is 2.59 bits per heavy atom. The molecule has 4 amide bonds. The smallest absolute Gasteiger partial charge is 0.327 e. The molecule has 2 heterocycles. The molecule has 2 fully saturated rings. The number of rotatable bonds is 6. The molecule has 1 saturated carbocycles. The van der Waals surface area contributed by atoms with Gasteiger partial charge in [-0.3, -0.25) is 19.4 Å². The molecule has 3 rings (SSSR count). The van der Waals surface area contributed by atoms with Gasteiger partial charge in [-0.2, -0.15) is 0 Å². The molecule has 1 saturated heterocycles. The fraction of sp³-hybridized carbons (Fsp3) is 0.632. The minimum absolute atomic E-state index is 0.124. The predicted molar refractivity (Wildman–Crippen MR) is 98.8 cm³/mol. The third-order valence-corrected chi connectivity index (χ3v) is 5.77. The Morgan fingerprint density at radius 1 is 1.30 bits per heavy atom. The third kappa shape index (κ3) is 3.58. The van der Waals surface area contributed by atoms with Crippen LogP contribution in [0.4, 0.5) is 4.79 Å². The summed E-state index contributed by atoms with van der Waals surface area (Å²) in [6, 6.07) is 3.15. The van der Waals surface area contributed by atoms with E-state index in [1.54, 1.807) is 19.4 Å². The Bertz CT molecular complexity index is 695. The summed E-state index contributed by atoms with van der Waals surface area (Å²) in [4.78, 5) is 42.5. The fourth-order valence-electron chi connectivity index (χ4n) is 4.10. The summed E-state index contributed by atoms with van der Waals surface area (Å²) >= 11 is 0. The van der Waals surface area contributed by atoms with E-state index in [0.717, 1.165) is 29.9 Å². The van der Waals surface area contributed by atoms with E-state index in [1.165, 1.54) is 4.90 Å². The van der Waals surface area contributed by atoms with E-state index >= 15 is 0 Å². The van der Waals surface area contributed by atoms with Crippen molar-refractivity contribution in [2.45, 2.75) is 43.7 Å². The van der Waals surface area contributed by atoms with Gasteiger partial charge in [0.1, 0.15) is 17.8 Å². The molecule has 1 unspecified atom stereocenters. The highest BCUT2D eigenvalue weighted by Crippen LogP contribution is 2.39. The summed E-state index contributed by atoms with van der Waals surface area (Å²) in [5.74, 6) is 0.158. The summed E-state index contributed by atoms with van der Waals surface area (Å²) in [6.45, 7) is 0.0820. The number of hydrogen-bond donors (Lipinski definition) is 1. The van der Waals surface area contributed by atoms with E-state index in [2.05, 4.69) is 5.32 Å². The van der Waals surface area contributed by atoms with Crippen molar-refractivity contribution in [3.8, 4) is 0 Å². The third-order valence-electron chi connectivity index (χ3n) is 5.77. The highest BCUT2D eigenvalue weighted by molar-refractivity contribution is 6.08. The zero-order chi connectivity index (χ0) is 19.6. The number of nitrogens with one attached hydrogen (secondary N) is 1. The maximum absolute atomic E-state index is 12.9. The number of urea groups is 1. The zero-order valence-corrected chi connectivity index (χ0v) is 16.2. The maximum Gasteiger partial charge on any atom is 0.327 e. The Kier molecular flexibility index (Phi) is 5.55. The first-order valence-corrected chi connectivity index (χ1v) is 9.43.